The van der Waals surface area contributed by atoms with Gasteiger partial charge in [0, 0.05) is 23.2 Å². The van der Waals surface area contributed by atoms with Crippen molar-refractivity contribution in [3.05, 3.63) is 50.1 Å². The number of amides is 1. The molecule has 0 saturated carbocycles. The first kappa shape index (κ1) is 23.2. The summed E-state index contributed by atoms with van der Waals surface area (Å²) in [6.07, 6.45) is -0.360. The fraction of sp³-hybridized carbons (Fsp3) is 0.350. The van der Waals surface area contributed by atoms with Gasteiger partial charge in [0.05, 0.1) is 23.1 Å². The van der Waals surface area contributed by atoms with Crippen LogP contribution in [0.25, 0.3) is 0 Å². The van der Waals surface area contributed by atoms with Gasteiger partial charge >= 0.3 is 5.97 Å². The van der Waals surface area contributed by atoms with Crippen molar-refractivity contribution >= 4 is 52.2 Å². The summed E-state index contributed by atoms with van der Waals surface area (Å²) in [6, 6.07) is 8.33. The Morgan fingerprint density at radius 2 is 1.93 bits per heavy atom. The van der Waals surface area contributed by atoms with Crippen LogP contribution in [0.4, 0.5) is 0 Å². The number of benzene rings is 1. The minimum absolute atomic E-state index is 0.112. The van der Waals surface area contributed by atoms with Crippen molar-refractivity contribution in [3.63, 3.8) is 0 Å². The normalized spacial score (nSPS) is 11.6. The summed E-state index contributed by atoms with van der Waals surface area (Å²) in [5.41, 5.74) is 0. The second-order valence-electron chi connectivity index (χ2n) is 6.20. The number of nitrogens with one attached hydrogen (secondary N) is 1. The van der Waals surface area contributed by atoms with Crippen LogP contribution in [0.1, 0.15) is 41.2 Å². The van der Waals surface area contributed by atoms with Crippen molar-refractivity contribution in [2.24, 2.45) is 0 Å². The van der Waals surface area contributed by atoms with Gasteiger partial charge in [-0.1, -0.05) is 23.2 Å². The van der Waals surface area contributed by atoms with Crippen molar-refractivity contribution in [2.75, 3.05) is 6.61 Å². The van der Waals surface area contributed by atoms with E-state index in [2.05, 4.69) is 5.32 Å². The number of carbonyl (C=O) groups excluding carboxylic acids is 3. The van der Waals surface area contributed by atoms with E-state index in [4.69, 9.17) is 32.7 Å². The Morgan fingerprint density at radius 3 is 2.62 bits per heavy atom. The molecule has 0 spiro atoms. The highest BCUT2D eigenvalue weighted by Crippen LogP contribution is 2.27. The molecule has 156 valence electrons. The number of halogens is 2. The maximum absolute atomic E-state index is 12.4. The number of rotatable bonds is 10. The molecular weight excluding hydrogens is 437 g/mol. The lowest BCUT2D eigenvalue weighted by molar-refractivity contribution is -0.146. The maximum atomic E-state index is 12.4. The monoisotopic (exact) mass is 457 g/mol. The number of carbonyl (C=O) groups is 3. The number of ketones is 1. The zero-order chi connectivity index (χ0) is 21.4. The predicted octanol–water partition coefficient (Wildman–Crippen LogP) is 4.66. The molecule has 0 aliphatic rings. The van der Waals surface area contributed by atoms with Crippen LogP contribution >= 0.6 is 34.5 Å². The van der Waals surface area contributed by atoms with E-state index in [1.165, 1.54) is 25.2 Å². The summed E-state index contributed by atoms with van der Waals surface area (Å²) in [5.74, 6) is -0.412. The highest BCUT2D eigenvalue weighted by Gasteiger charge is 2.21. The molecule has 0 saturated heterocycles. The summed E-state index contributed by atoms with van der Waals surface area (Å²) in [7, 11) is 0. The van der Waals surface area contributed by atoms with Crippen molar-refractivity contribution in [3.8, 4) is 5.75 Å². The molecule has 0 bridgehead atoms. The van der Waals surface area contributed by atoms with Crippen LogP contribution in [0.5, 0.6) is 5.75 Å². The predicted molar refractivity (Wildman–Crippen MR) is 113 cm³/mol. The van der Waals surface area contributed by atoms with E-state index in [0.717, 1.165) is 4.88 Å². The lowest BCUT2D eigenvalue weighted by Gasteiger charge is -2.12. The average molecular weight is 458 g/mol. The van der Waals surface area contributed by atoms with Crippen LogP contribution in [0.15, 0.2) is 30.3 Å². The molecule has 0 radical (unpaired) electrons. The molecule has 1 amide bonds. The van der Waals surface area contributed by atoms with Gasteiger partial charge in [0.25, 0.3) is 0 Å². The standard InChI is InChI=1S/C20H21Cl2NO5S/c1-12(20(26)18-8-6-15(29-18)11-23-13(2)24)28-19(25)4-3-9-27-17-7-5-14(21)10-16(17)22/h5-8,10,12H,3-4,9,11H2,1-2H3,(H,23,24). The Kier molecular flexibility index (Phi) is 8.95. The zero-order valence-electron chi connectivity index (χ0n) is 16.0. The van der Waals surface area contributed by atoms with E-state index in [0.29, 0.717) is 33.6 Å². The molecule has 1 aromatic carbocycles. The molecule has 6 nitrogen and oxygen atoms in total. The number of thiophene rings is 1. The third-order valence-corrected chi connectivity index (χ3v) is 5.40. The number of esters is 1. The molecular formula is C20H21Cl2NO5S. The first-order valence-electron chi connectivity index (χ1n) is 8.91. The van der Waals surface area contributed by atoms with Crippen LogP contribution in [-0.4, -0.2) is 30.4 Å². The quantitative estimate of drug-likeness (QED) is 0.318. The number of hydrogen-bond acceptors (Lipinski definition) is 6. The van der Waals surface area contributed by atoms with Gasteiger partial charge in [0.15, 0.2) is 6.10 Å². The molecule has 0 fully saturated rings. The van der Waals surface area contributed by atoms with Crippen LogP contribution in [0.3, 0.4) is 0 Å². The molecule has 0 aliphatic carbocycles. The molecule has 2 aromatic rings. The van der Waals surface area contributed by atoms with Gasteiger partial charge in [-0.2, -0.15) is 0 Å². The molecule has 29 heavy (non-hydrogen) atoms. The van der Waals surface area contributed by atoms with Crippen molar-refractivity contribution in [1.29, 1.82) is 0 Å². The summed E-state index contributed by atoms with van der Waals surface area (Å²) in [4.78, 5) is 36.7. The zero-order valence-corrected chi connectivity index (χ0v) is 18.3. The molecule has 1 heterocycles. The van der Waals surface area contributed by atoms with Gasteiger partial charge < -0.3 is 14.8 Å². The van der Waals surface area contributed by atoms with E-state index in [9.17, 15) is 14.4 Å². The van der Waals surface area contributed by atoms with Crippen molar-refractivity contribution < 1.29 is 23.9 Å². The van der Waals surface area contributed by atoms with Crippen LogP contribution in [0.2, 0.25) is 10.0 Å². The molecule has 1 unspecified atom stereocenters. The van der Waals surface area contributed by atoms with E-state index in [1.807, 2.05) is 0 Å². The van der Waals surface area contributed by atoms with Gasteiger partial charge in [-0.25, -0.2) is 0 Å². The van der Waals surface area contributed by atoms with Crippen molar-refractivity contribution in [2.45, 2.75) is 39.3 Å². The lowest BCUT2D eigenvalue weighted by atomic mass is 10.2. The first-order chi connectivity index (χ1) is 13.8. The topological polar surface area (TPSA) is 81.7 Å². The molecule has 1 atom stereocenters. The summed E-state index contributed by atoms with van der Waals surface area (Å²) >= 11 is 13.1. The fourth-order valence-electron chi connectivity index (χ4n) is 2.32. The Labute approximate surface area is 183 Å². The highest BCUT2D eigenvalue weighted by atomic mass is 35.5. The average Bonchev–Trinajstić information content (AvgIpc) is 3.13. The van der Waals surface area contributed by atoms with Crippen LogP contribution in [0, 0.1) is 0 Å². The minimum Gasteiger partial charge on any atom is -0.492 e. The summed E-state index contributed by atoms with van der Waals surface area (Å²) in [6.45, 7) is 3.60. The Balaban J connectivity index is 1.73. The lowest BCUT2D eigenvalue weighted by Crippen LogP contribution is -2.24. The molecule has 1 aromatic heterocycles. The number of ether oxygens (including phenoxy) is 2. The molecule has 0 aliphatic heterocycles. The number of hydrogen-bond donors (Lipinski definition) is 1. The minimum atomic E-state index is -0.888. The molecule has 1 N–H and O–H groups in total. The largest absolute Gasteiger partial charge is 0.492 e. The SMILES string of the molecule is CC(=O)NCc1ccc(C(=O)C(C)OC(=O)CCCOc2ccc(Cl)cc2Cl)s1. The van der Waals surface area contributed by atoms with Gasteiger partial charge in [-0.15, -0.1) is 11.3 Å². The fourth-order valence-corrected chi connectivity index (χ4v) is 3.75. The smallest absolute Gasteiger partial charge is 0.306 e. The van der Waals surface area contributed by atoms with E-state index < -0.39 is 12.1 Å². The van der Waals surface area contributed by atoms with Gasteiger partial charge in [0.1, 0.15) is 5.75 Å². The van der Waals surface area contributed by atoms with Crippen LogP contribution < -0.4 is 10.1 Å². The second kappa shape index (κ2) is 11.2. The van der Waals surface area contributed by atoms with Gasteiger partial charge in [-0.3, -0.25) is 14.4 Å². The third kappa shape index (κ3) is 7.68. The highest BCUT2D eigenvalue weighted by molar-refractivity contribution is 7.14. The van der Waals surface area contributed by atoms with Gasteiger partial charge in [0.2, 0.25) is 11.7 Å². The Bertz CT molecular complexity index is 884. The third-order valence-electron chi connectivity index (χ3n) is 3.77. The van der Waals surface area contributed by atoms with Gasteiger partial charge in [-0.05, 0) is 43.7 Å². The van der Waals surface area contributed by atoms with Crippen molar-refractivity contribution in [1.82, 2.24) is 5.32 Å². The van der Waals surface area contributed by atoms with E-state index in [-0.39, 0.29) is 24.7 Å². The molecule has 2 rings (SSSR count). The van der Waals surface area contributed by atoms with E-state index in [1.54, 1.807) is 30.3 Å². The Morgan fingerprint density at radius 1 is 1.17 bits per heavy atom. The Hall–Kier alpha value is -2.09. The van der Waals surface area contributed by atoms with E-state index >= 15 is 0 Å². The molecule has 9 heteroatoms. The van der Waals surface area contributed by atoms with Crippen LogP contribution in [-0.2, 0) is 20.9 Å². The first-order valence-corrected chi connectivity index (χ1v) is 10.5. The maximum Gasteiger partial charge on any atom is 0.306 e. The second-order valence-corrected chi connectivity index (χ2v) is 8.21. The summed E-state index contributed by atoms with van der Waals surface area (Å²) in [5, 5.41) is 3.58. The number of Topliss-reactive ketones (excluding diaryl/α,β-unsaturated/α-hetero) is 1. The summed E-state index contributed by atoms with van der Waals surface area (Å²) < 4.78 is 10.7.